The zero-order valence-corrected chi connectivity index (χ0v) is 8.67. The molecule has 2 nitrogen and oxygen atoms in total. The molecule has 0 atom stereocenters. The smallest absolute Gasteiger partial charge is 0.0438 e. The van der Waals surface area contributed by atoms with Crippen molar-refractivity contribution in [1.82, 2.24) is 4.98 Å². The number of hydrogen-bond acceptors (Lipinski definition) is 2. The van der Waals surface area contributed by atoms with Gasteiger partial charge in [-0.05, 0) is 36.9 Å². The number of aryl methyl sites for hydroxylation is 1. The second kappa shape index (κ2) is 3.88. The number of nitrogens with two attached hydrogens (primary N) is 1. The van der Waals surface area contributed by atoms with Crippen LogP contribution in [0, 0.1) is 12.3 Å². The molecule has 0 aliphatic rings. The van der Waals surface area contributed by atoms with Crippen LogP contribution in [0.1, 0.15) is 25.1 Å². The summed E-state index contributed by atoms with van der Waals surface area (Å²) in [5.74, 6) is 0. The van der Waals surface area contributed by atoms with Crippen LogP contribution in [0.5, 0.6) is 0 Å². The fraction of sp³-hybridized carbons (Fsp3) is 0.545. The largest absolute Gasteiger partial charge is 0.330 e. The highest BCUT2D eigenvalue weighted by Gasteiger charge is 2.17. The van der Waals surface area contributed by atoms with E-state index in [1.165, 1.54) is 5.56 Å². The van der Waals surface area contributed by atoms with Crippen molar-refractivity contribution < 1.29 is 0 Å². The molecule has 0 spiro atoms. The molecule has 0 bridgehead atoms. The molecule has 0 aliphatic heterocycles. The minimum atomic E-state index is 0.152. The Balaban J connectivity index is 2.80. The Labute approximate surface area is 80.2 Å². The van der Waals surface area contributed by atoms with Crippen molar-refractivity contribution in [2.45, 2.75) is 27.2 Å². The lowest BCUT2D eigenvalue weighted by Crippen LogP contribution is -2.26. The van der Waals surface area contributed by atoms with Crippen LogP contribution >= 0.6 is 0 Å². The van der Waals surface area contributed by atoms with Crippen LogP contribution in [0.2, 0.25) is 0 Å². The fourth-order valence-electron chi connectivity index (χ4n) is 1.23. The molecule has 1 heterocycles. The van der Waals surface area contributed by atoms with Crippen LogP contribution in [0.25, 0.3) is 0 Å². The quantitative estimate of drug-likeness (QED) is 0.768. The second-order valence-corrected chi connectivity index (χ2v) is 4.31. The van der Waals surface area contributed by atoms with Crippen molar-refractivity contribution in [3.05, 3.63) is 29.6 Å². The van der Waals surface area contributed by atoms with E-state index in [0.29, 0.717) is 6.54 Å². The van der Waals surface area contributed by atoms with Crippen LogP contribution < -0.4 is 5.73 Å². The molecule has 0 aliphatic carbocycles. The minimum absolute atomic E-state index is 0.152. The van der Waals surface area contributed by atoms with Gasteiger partial charge in [0.15, 0.2) is 0 Å². The Morgan fingerprint density at radius 1 is 1.46 bits per heavy atom. The van der Waals surface area contributed by atoms with Crippen molar-refractivity contribution in [3.8, 4) is 0 Å². The summed E-state index contributed by atoms with van der Waals surface area (Å²) in [5, 5.41) is 0. The molecule has 0 fully saturated rings. The lowest BCUT2D eigenvalue weighted by atomic mass is 9.87. The molecule has 2 N–H and O–H groups in total. The first kappa shape index (κ1) is 10.2. The van der Waals surface area contributed by atoms with Gasteiger partial charge in [-0.1, -0.05) is 19.9 Å². The summed E-state index contributed by atoms with van der Waals surface area (Å²) in [4.78, 5) is 4.36. The first-order chi connectivity index (χ1) is 6.05. The minimum Gasteiger partial charge on any atom is -0.330 e. The molecule has 13 heavy (non-hydrogen) atoms. The third-order valence-corrected chi connectivity index (χ3v) is 2.32. The third-order valence-electron chi connectivity index (χ3n) is 2.32. The summed E-state index contributed by atoms with van der Waals surface area (Å²) in [7, 11) is 0. The Kier molecular flexibility index (Phi) is 3.04. The summed E-state index contributed by atoms with van der Waals surface area (Å²) in [6.45, 7) is 7.13. The number of rotatable bonds is 3. The molecule has 72 valence electrons. The molecule has 0 unspecified atom stereocenters. The van der Waals surface area contributed by atoms with Crippen molar-refractivity contribution in [2.75, 3.05) is 6.54 Å². The van der Waals surface area contributed by atoms with E-state index in [1.54, 1.807) is 0 Å². The molecule has 0 aromatic carbocycles. The Hall–Kier alpha value is -0.890. The molecule has 1 aromatic rings. The zero-order valence-electron chi connectivity index (χ0n) is 8.67. The summed E-state index contributed by atoms with van der Waals surface area (Å²) in [5.41, 5.74) is 8.25. The number of aromatic nitrogens is 1. The van der Waals surface area contributed by atoms with E-state index in [1.807, 2.05) is 12.3 Å². The summed E-state index contributed by atoms with van der Waals surface area (Å²) in [6, 6.07) is 4.06. The first-order valence-electron chi connectivity index (χ1n) is 4.66. The van der Waals surface area contributed by atoms with E-state index >= 15 is 0 Å². The van der Waals surface area contributed by atoms with Crippen LogP contribution in [0.15, 0.2) is 18.3 Å². The van der Waals surface area contributed by atoms with Crippen molar-refractivity contribution in [2.24, 2.45) is 11.1 Å². The predicted octanol–water partition coefficient (Wildman–Crippen LogP) is 1.92. The molecule has 1 aromatic heterocycles. The summed E-state index contributed by atoms with van der Waals surface area (Å²) in [6.07, 6.45) is 2.80. The third kappa shape index (κ3) is 2.81. The van der Waals surface area contributed by atoms with E-state index in [9.17, 15) is 0 Å². The topological polar surface area (TPSA) is 38.9 Å². The lowest BCUT2D eigenvalue weighted by Gasteiger charge is -2.22. The maximum Gasteiger partial charge on any atom is 0.0438 e. The van der Waals surface area contributed by atoms with Crippen molar-refractivity contribution in [3.63, 3.8) is 0 Å². The molecule has 0 amide bonds. The van der Waals surface area contributed by atoms with Gasteiger partial charge in [0.25, 0.3) is 0 Å². The van der Waals surface area contributed by atoms with E-state index in [0.717, 1.165) is 12.1 Å². The average Bonchev–Trinajstić information content (AvgIpc) is 2.09. The van der Waals surface area contributed by atoms with E-state index in [4.69, 9.17) is 5.73 Å². The van der Waals surface area contributed by atoms with Gasteiger partial charge in [0.2, 0.25) is 0 Å². The highest BCUT2D eigenvalue weighted by Crippen LogP contribution is 2.20. The molecule has 0 radical (unpaired) electrons. The van der Waals surface area contributed by atoms with Crippen LogP contribution in [0.3, 0.4) is 0 Å². The molecular formula is C11H18N2. The van der Waals surface area contributed by atoms with Gasteiger partial charge in [0.1, 0.15) is 0 Å². The molecule has 1 rings (SSSR count). The van der Waals surface area contributed by atoms with Gasteiger partial charge >= 0.3 is 0 Å². The molecule has 0 saturated heterocycles. The maximum atomic E-state index is 5.68. The number of hydrogen-bond donors (Lipinski definition) is 1. The van der Waals surface area contributed by atoms with Crippen molar-refractivity contribution in [1.29, 1.82) is 0 Å². The second-order valence-electron chi connectivity index (χ2n) is 4.31. The maximum absolute atomic E-state index is 5.68. The normalized spacial score (nSPS) is 11.7. The number of nitrogens with zero attached hydrogens (tertiary/aromatic N) is 1. The van der Waals surface area contributed by atoms with Crippen LogP contribution in [-0.4, -0.2) is 11.5 Å². The summed E-state index contributed by atoms with van der Waals surface area (Å²) < 4.78 is 0. The van der Waals surface area contributed by atoms with Gasteiger partial charge in [-0.2, -0.15) is 0 Å². The van der Waals surface area contributed by atoms with Gasteiger partial charge in [0.05, 0.1) is 0 Å². The van der Waals surface area contributed by atoms with Crippen molar-refractivity contribution >= 4 is 0 Å². The van der Waals surface area contributed by atoms with E-state index in [-0.39, 0.29) is 5.41 Å². The molecule has 0 saturated carbocycles. The lowest BCUT2D eigenvalue weighted by molar-refractivity contribution is 0.372. The average molecular weight is 178 g/mol. The van der Waals surface area contributed by atoms with Gasteiger partial charge in [-0.25, -0.2) is 0 Å². The zero-order chi connectivity index (χ0) is 9.90. The monoisotopic (exact) mass is 178 g/mol. The number of pyridine rings is 1. The highest BCUT2D eigenvalue weighted by molar-refractivity contribution is 5.18. The predicted molar refractivity (Wildman–Crippen MR) is 55.5 cm³/mol. The van der Waals surface area contributed by atoms with Crippen LogP contribution in [0.4, 0.5) is 0 Å². The Morgan fingerprint density at radius 2 is 2.15 bits per heavy atom. The summed E-state index contributed by atoms with van der Waals surface area (Å²) >= 11 is 0. The molecule has 2 heteroatoms. The Bertz CT molecular complexity index is 279. The standard InChI is InChI=1S/C11H18N2/c1-9-5-4-6-13-10(9)7-11(2,3)8-12/h4-6H,7-8,12H2,1-3H3. The van der Waals surface area contributed by atoms with E-state index < -0.39 is 0 Å². The highest BCUT2D eigenvalue weighted by atomic mass is 14.7. The van der Waals surface area contributed by atoms with Crippen LogP contribution in [-0.2, 0) is 6.42 Å². The van der Waals surface area contributed by atoms with Gasteiger partial charge < -0.3 is 5.73 Å². The fourth-order valence-corrected chi connectivity index (χ4v) is 1.23. The van der Waals surface area contributed by atoms with E-state index in [2.05, 4.69) is 31.8 Å². The SMILES string of the molecule is Cc1cccnc1CC(C)(C)CN. The van der Waals surface area contributed by atoms with Gasteiger partial charge in [-0.3, -0.25) is 4.98 Å². The Morgan fingerprint density at radius 3 is 2.69 bits per heavy atom. The van der Waals surface area contributed by atoms with Gasteiger partial charge in [0, 0.05) is 11.9 Å². The first-order valence-corrected chi connectivity index (χ1v) is 4.66. The van der Waals surface area contributed by atoms with Gasteiger partial charge in [-0.15, -0.1) is 0 Å². The molecular weight excluding hydrogens is 160 g/mol.